The fraction of sp³-hybridized carbons (Fsp3) is 0.0769. The maximum atomic E-state index is 12.8. The molecule has 2 N–H and O–H groups in total. The van der Waals surface area contributed by atoms with E-state index in [1.807, 2.05) is 0 Å². The van der Waals surface area contributed by atoms with Gasteiger partial charge in [-0.2, -0.15) is 0 Å². The van der Waals surface area contributed by atoms with E-state index in [9.17, 15) is 17.6 Å². The van der Waals surface area contributed by atoms with Crippen LogP contribution in [0, 0.1) is 5.82 Å². The smallest absolute Gasteiger partial charge is 0.263 e. The number of nitrogens with one attached hydrogen (secondary N) is 2. The van der Waals surface area contributed by atoms with Gasteiger partial charge < -0.3 is 10.1 Å². The molecule has 0 unspecified atom stereocenters. The quantitative estimate of drug-likeness (QED) is 0.888. The van der Waals surface area contributed by atoms with Crippen molar-refractivity contribution in [2.45, 2.75) is 4.90 Å². The molecule has 0 bridgehead atoms. The molecular weight excluding hydrogens is 313 g/mol. The lowest BCUT2D eigenvalue weighted by atomic mass is 10.2. The summed E-state index contributed by atoms with van der Waals surface area (Å²) in [5, 5.41) is 2.52. The van der Waals surface area contributed by atoms with E-state index in [0.29, 0.717) is 5.75 Å². The average Bonchev–Trinajstić information content (AvgIpc) is 2.48. The van der Waals surface area contributed by atoms with Crippen LogP contribution >= 0.6 is 0 Å². The fourth-order valence-corrected chi connectivity index (χ4v) is 2.90. The molecule has 3 rings (SSSR count). The van der Waals surface area contributed by atoms with Gasteiger partial charge in [0, 0.05) is 0 Å². The Bertz CT molecular complexity index is 837. The van der Waals surface area contributed by atoms with Gasteiger partial charge in [0.05, 0.1) is 16.8 Å². The van der Waals surface area contributed by atoms with Gasteiger partial charge in [0.25, 0.3) is 15.9 Å². The maximum Gasteiger partial charge on any atom is 0.263 e. The number of sulfonamides is 1. The Kier molecular flexibility index (Phi) is 3.41. The van der Waals surface area contributed by atoms with E-state index in [1.54, 1.807) is 0 Å². The molecule has 0 spiro atoms. The lowest BCUT2D eigenvalue weighted by molar-refractivity contribution is -0.118. The number of amides is 1. The van der Waals surface area contributed by atoms with Crippen LogP contribution < -0.4 is 14.8 Å². The van der Waals surface area contributed by atoms with Gasteiger partial charge in [0.1, 0.15) is 17.4 Å². The Morgan fingerprint density at radius 1 is 1.27 bits per heavy atom. The minimum atomic E-state index is -3.92. The monoisotopic (exact) mass is 323 g/mol. The molecule has 0 saturated heterocycles. The highest BCUT2D eigenvalue weighted by atomic mass is 32.2. The first-order chi connectivity index (χ1) is 10.4. The molecule has 1 aromatic carbocycles. The summed E-state index contributed by atoms with van der Waals surface area (Å²) in [5.74, 6) is -0.565. The van der Waals surface area contributed by atoms with Gasteiger partial charge in [0.15, 0.2) is 6.61 Å². The summed E-state index contributed by atoms with van der Waals surface area (Å²) in [4.78, 5) is 14.8. The summed E-state index contributed by atoms with van der Waals surface area (Å²) in [6.45, 7) is -0.114. The molecule has 114 valence electrons. The highest BCUT2D eigenvalue weighted by Crippen LogP contribution is 2.30. The third-order valence-electron chi connectivity index (χ3n) is 2.86. The Morgan fingerprint density at radius 3 is 2.82 bits per heavy atom. The van der Waals surface area contributed by atoms with Crippen molar-refractivity contribution in [3.8, 4) is 5.75 Å². The second-order valence-electron chi connectivity index (χ2n) is 4.46. The molecular formula is C13H10FN3O4S. The van der Waals surface area contributed by atoms with Crippen LogP contribution in [0.25, 0.3) is 0 Å². The number of rotatable bonds is 3. The van der Waals surface area contributed by atoms with Crippen LogP contribution in [0.1, 0.15) is 0 Å². The molecule has 1 aliphatic heterocycles. The van der Waals surface area contributed by atoms with Crippen molar-refractivity contribution >= 4 is 27.4 Å². The third kappa shape index (κ3) is 2.84. The third-order valence-corrected chi connectivity index (χ3v) is 4.21. The van der Waals surface area contributed by atoms with Crippen LogP contribution in [-0.2, 0) is 14.8 Å². The fourth-order valence-electron chi connectivity index (χ4n) is 1.86. The second-order valence-corrected chi connectivity index (χ2v) is 6.14. The minimum absolute atomic E-state index is 0.0144. The molecule has 0 atom stereocenters. The van der Waals surface area contributed by atoms with Crippen molar-refractivity contribution < 1.29 is 22.3 Å². The van der Waals surface area contributed by atoms with Gasteiger partial charge in [-0.15, -0.1) is 0 Å². The summed E-state index contributed by atoms with van der Waals surface area (Å²) < 4.78 is 44.7. The molecule has 0 aliphatic carbocycles. The number of nitrogens with zero attached hydrogens (tertiary/aromatic N) is 1. The van der Waals surface area contributed by atoms with Crippen molar-refractivity contribution in [3.63, 3.8) is 0 Å². The summed E-state index contributed by atoms with van der Waals surface area (Å²) in [6.07, 6.45) is 0.902. The number of anilines is 2. The van der Waals surface area contributed by atoms with Crippen molar-refractivity contribution in [3.05, 3.63) is 42.3 Å². The Morgan fingerprint density at radius 2 is 2.09 bits per heavy atom. The lowest BCUT2D eigenvalue weighted by Gasteiger charge is -2.18. The molecule has 22 heavy (non-hydrogen) atoms. The zero-order valence-electron chi connectivity index (χ0n) is 11.0. The first kappa shape index (κ1) is 14.3. The van der Waals surface area contributed by atoms with Crippen LogP contribution in [0.3, 0.4) is 0 Å². The van der Waals surface area contributed by atoms with Crippen LogP contribution in [0.5, 0.6) is 5.75 Å². The number of fused-ring (bicyclic) bond motifs is 1. The standard InChI is InChI=1S/C13H10FN3O4S/c14-8-1-4-12(15-6-8)17-22(19,20)9-2-3-11-10(5-9)16-13(18)7-21-11/h1-6H,7H2,(H,15,17)(H,16,18). The summed E-state index contributed by atoms with van der Waals surface area (Å²) in [7, 11) is -3.92. The first-order valence-electron chi connectivity index (χ1n) is 6.15. The molecule has 1 aliphatic rings. The van der Waals surface area contributed by atoms with Crippen LogP contribution in [0.15, 0.2) is 41.4 Å². The van der Waals surface area contributed by atoms with Crippen molar-refractivity contribution in [1.82, 2.24) is 4.98 Å². The first-order valence-corrected chi connectivity index (χ1v) is 7.63. The van der Waals surface area contributed by atoms with E-state index < -0.39 is 15.8 Å². The summed E-state index contributed by atoms with van der Waals surface area (Å²) in [6, 6.07) is 6.35. The van der Waals surface area contributed by atoms with Crippen LogP contribution in [-0.4, -0.2) is 25.9 Å². The van der Waals surface area contributed by atoms with Gasteiger partial charge in [-0.1, -0.05) is 0 Å². The number of ether oxygens (including phenoxy) is 1. The number of benzene rings is 1. The van der Waals surface area contributed by atoms with Crippen molar-refractivity contribution in [1.29, 1.82) is 0 Å². The van der Waals surface area contributed by atoms with Gasteiger partial charge in [0.2, 0.25) is 0 Å². The van der Waals surface area contributed by atoms with E-state index in [1.165, 1.54) is 24.3 Å². The maximum absolute atomic E-state index is 12.8. The summed E-state index contributed by atoms with van der Waals surface area (Å²) >= 11 is 0. The number of aromatic nitrogens is 1. The molecule has 1 aromatic heterocycles. The number of halogens is 1. The number of carbonyl (C=O) groups excluding carboxylic acids is 1. The van der Waals surface area contributed by atoms with Gasteiger partial charge in [-0.05, 0) is 30.3 Å². The average molecular weight is 323 g/mol. The number of hydrogen-bond donors (Lipinski definition) is 2. The lowest BCUT2D eigenvalue weighted by Crippen LogP contribution is -2.25. The van der Waals surface area contributed by atoms with Gasteiger partial charge in [-0.3, -0.25) is 9.52 Å². The Labute approximate surface area is 125 Å². The molecule has 7 nitrogen and oxygen atoms in total. The minimum Gasteiger partial charge on any atom is -0.482 e. The van der Waals surface area contributed by atoms with Gasteiger partial charge >= 0.3 is 0 Å². The van der Waals surface area contributed by atoms with E-state index in [0.717, 1.165) is 12.3 Å². The molecule has 0 fully saturated rings. The molecule has 1 amide bonds. The Hall–Kier alpha value is -2.68. The zero-order valence-corrected chi connectivity index (χ0v) is 11.9. The largest absolute Gasteiger partial charge is 0.482 e. The van der Waals surface area contributed by atoms with Crippen molar-refractivity contribution in [2.75, 3.05) is 16.6 Å². The second kappa shape index (κ2) is 5.26. The van der Waals surface area contributed by atoms with E-state index in [2.05, 4.69) is 15.0 Å². The number of carbonyl (C=O) groups is 1. The Balaban J connectivity index is 1.90. The SMILES string of the molecule is O=C1COc2ccc(S(=O)(=O)Nc3ccc(F)cn3)cc2N1. The molecule has 2 heterocycles. The zero-order chi connectivity index (χ0) is 15.7. The van der Waals surface area contributed by atoms with Gasteiger partial charge in [-0.25, -0.2) is 17.8 Å². The van der Waals surface area contributed by atoms with Crippen molar-refractivity contribution in [2.24, 2.45) is 0 Å². The molecule has 2 aromatic rings. The highest BCUT2D eigenvalue weighted by molar-refractivity contribution is 7.92. The van der Waals surface area contributed by atoms with E-state index in [4.69, 9.17) is 4.74 Å². The predicted molar refractivity (Wildman–Crippen MR) is 75.6 cm³/mol. The molecule has 0 saturated carbocycles. The summed E-state index contributed by atoms with van der Waals surface area (Å²) in [5.41, 5.74) is 0.270. The molecule has 9 heteroatoms. The van der Waals surface area contributed by atoms with Crippen LogP contribution in [0.2, 0.25) is 0 Å². The highest BCUT2D eigenvalue weighted by Gasteiger charge is 2.21. The predicted octanol–water partition coefficient (Wildman–Crippen LogP) is 1.35. The molecule has 0 radical (unpaired) electrons. The number of hydrogen-bond acceptors (Lipinski definition) is 5. The van der Waals surface area contributed by atoms with E-state index >= 15 is 0 Å². The van der Waals surface area contributed by atoms with E-state index in [-0.39, 0.29) is 28.9 Å². The van der Waals surface area contributed by atoms with Crippen LogP contribution in [0.4, 0.5) is 15.9 Å². The topological polar surface area (TPSA) is 97.4 Å². The normalized spacial score (nSPS) is 13.8. The number of pyridine rings is 1.